The van der Waals surface area contributed by atoms with Crippen LogP contribution in [0.5, 0.6) is 11.5 Å². The van der Waals surface area contributed by atoms with Crippen molar-refractivity contribution in [2.24, 2.45) is 0 Å². The number of carbonyl (C=O) groups is 2. The van der Waals surface area contributed by atoms with Gasteiger partial charge in [0.05, 0.1) is 5.56 Å². The van der Waals surface area contributed by atoms with Gasteiger partial charge in [-0.05, 0) is 32.4 Å². The van der Waals surface area contributed by atoms with Gasteiger partial charge in [0.15, 0.2) is 5.78 Å². The highest BCUT2D eigenvalue weighted by Crippen LogP contribution is 2.36. The van der Waals surface area contributed by atoms with Crippen LogP contribution in [0.1, 0.15) is 36.7 Å². The van der Waals surface area contributed by atoms with Crippen molar-refractivity contribution < 1.29 is 24.2 Å². The summed E-state index contributed by atoms with van der Waals surface area (Å²) in [4.78, 5) is 23.1. The summed E-state index contributed by atoms with van der Waals surface area (Å²) in [6, 6.07) is 3.07. The summed E-state index contributed by atoms with van der Waals surface area (Å²) in [6.07, 6.45) is 1.86. The standard InChI is InChI=1S/C18H20O5/c1-5-10(2)18(21)22-9-11(3)16-7-13-6-14(12(4)19)15(20)8-17(13)23-16/h5-6,8,16,20H,3,7,9H2,1-2,4H3/t16-/m0/s1. The minimum Gasteiger partial charge on any atom is -0.507 e. The van der Waals surface area contributed by atoms with Crippen LogP contribution in [-0.4, -0.2) is 29.6 Å². The average Bonchev–Trinajstić information content (AvgIpc) is 2.93. The number of ether oxygens (including phenoxy) is 2. The highest BCUT2D eigenvalue weighted by molar-refractivity contribution is 5.97. The number of phenolic OH excluding ortho intramolecular Hbond substituents is 1. The van der Waals surface area contributed by atoms with Gasteiger partial charge in [0.25, 0.3) is 0 Å². The predicted octanol–water partition coefficient (Wildman–Crippen LogP) is 2.96. The molecule has 0 aromatic heterocycles. The van der Waals surface area contributed by atoms with Gasteiger partial charge in [-0.2, -0.15) is 0 Å². The summed E-state index contributed by atoms with van der Waals surface area (Å²) in [5.74, 6) is -0.170. The Bertz CT molecular complexity index is 700. The Morgan fingerprint density at radius 3 is 2.74 bits per heavy atom. The van der Waals surface area contributed by atoms with Gasteiger partial charge in [-0.25, -0.2) is 4.79 Å². The van der Waals surface area contributed by atoms with E-state index in [9.17, 15) is 14.7 Å². The minimum atomic E-state index is -0.388. The molecule has 1 aromatic rings. The predicted molar refractivity (Wildman–Crippen MR) is 85.8 cm³/mol. The van der Waals surface area contributed by atoms with Gasteiger partial charge in [-0.15, -0.1) is 0 Å². The van der Waals surface area contributed by atoms with E-state index in [1.807, 2.05) is 0 Å². The molecule has 0 unspecified atom stereocenters. The van der Waals surface area contributed by atoms with E-state index in [-0.39, 0.29) is 35.8 Å². The average molecular weight is 316 g/mol. The minimum absolute atomic E-state index is 0.0637. The number of aromatic hydroxyl groups is 1. The molecule has 0 radical (unpaired) electrons. The van der Waals surface area contributed by atoms with Gasteiger partial charge in [-0.1, -0.05) is 12.7 Å². The summed E-state index contributed by atoms with van der Waals surface area (Å²) in [7, 11) is 0. The Hall–Kier alpha value is -2.56. The van der Waals surface area contributed by atoms with Crippen LogP contribution in [0.3, 0.4) is 0 Å². The monoisotopic (exact) mass is 316 g/mol. The summed E-state index contributed by atoms with van der Waals surface area (Å²) in [5.41, 5.74) is 2.26. The van der Waals surface area contributed by atoms with Crippen LogP contribution in [0.4, 0.5) is 0 Å². The Kier molecular flexibility index (Phi) is 4.89. The zero-order valence-electron chi connectivity index (χ0n) is 13.5. The molecule has 0 bridgehead atoms. The largest absolute Gasteiger partial charge is 0.507 e. The van der Waals surface area contributed by atoms with Gasteiger partial charge in [0, 0.05) is 23.6 Å². The quantitative estimate of drug-likeness (QED) is 0.391. The SMILES string of the molecule is C=C(COC(=O)C(C)=CC)[C@@H]1Cc2cc(C(C)=O)c(O)cc2O1. The molecule has 0 aliphatic carbocycles. The van der Waals surface area contributed by atoms with Gasteiger partial charge in [0.2, 0.25) is 0 Å². The van der Waals surface area contributed by atoms with Crippen LogP contribution < -0.4 is 4.74 Å². The molecule has 0 fully saturated rings. The van der Waals surface area contributed by atoms with Crippen molar-refractivity contribution in [2.45, 2.75) is 33.3 Å². The van der Waals surface area contributed by atoms with Crippen molar-refractivity contribution in [3.8, 4) is 11.5 Å². The molecule has 0 saturated carbocycles. The summed E-state index contributed by atoms with van der Waals surface area (Å²) in [6.45, 7) is 8.81. The third kappa shape index (κ3) is 3.62. The molecule has 1 atom stereocenters. The number of benzene rings is 1. The van der Waals surface area contributed by atoms with Crippen molar-refractivity contribution in [1.29, 1.82) is 0 Å². The number of carbonyl (C=O) groups excluding carboxylic acids is 2. The fourth-order valence-corrected chi connectivity index (χ4v) is 2.27. The van der Waals surface area contributed by atoms with Crippen molar-refractivity contribution >= 4 is 11.8 Å². The lowest BCUT2D eigenvalue weighted by Gasteiger charge is -2.14. The first-order valence-corrected chi connectivity index (χ1v) is 7.34. The highest BCUT2D eigenvalue weighted by Gasteiger charge is 2.28. The number of hydrogen-bond acceptors (Lipinski definition) is 5. The maximum atomic E-state index is 11.6. The molecular weight excluding hydrogens is 296 g/mol. The number of ketones is 1. The van der Waals surface area contributed by atoms with Crippen molar-refractivity contribution in [3.63, 3.8) is 0 Å². The third-order valence-corrected chi connectivity index (χ3v) is 3.83. The number of phenols is 1. The molecule has 2 rings (SSSR count). The fourth-order valence-electron chi connectivity index (χ4n) is 2.27. The molecule has 1 heterocycles. The van der Waals surface area contributed by atoms with E-state index < -0.39 is 0 Å². The molecule has 23 heavy (non-hydrogen) atoms. The molecule has 1 aromatic carbocycles. The number of rotatable bonds is 5. The smallest absolute Gasteiger partial charge is 0.333 e. The Balaban J connectivity index is 2.03. The van der Waals surface area contributed by atoms with Crippen LogP contribution in [0.25, 0.3) is 0 Å². The molecule has 122 valence electrons. The van der Waals surface area contributed by atoms with Crippen LogP contribution >= 0.6 is 0 Å². The molecule has 1 N–H and O–H groups in total. The van der Waals surface area contributed by atoms with Gasteiger partial charge < -0.3 is 14.6 Å². The number of esters is 1. The Morgan fingerprint density at radius 2 is 2.13 bits per heavy atom. The number of Topliss-reactive ketones (excluding diaryl/α,β-unsaturated/α-hetero) is 1. The molecule has 0 spiro atoms. The summed E-state index contributed by atoms with van der Waals surface area (Å²) >= 11 is 0. The normalized spacial score (nSPS) is 16.5. The Labute approximate surface area is 135 Å². The van der Waals surface area contributed by atoms with Crippen molar-refractivity contribution in [3.05, 3.63) is 47.1 Å². The van der Waals surface area contributed by atoms with E-state index in [4.69, 9.17) is 9.47 Å². The lowest BCUT2D eigenvalue weighted by molar-refractivity contribution is -0.138. The van der Waals surface area contributed by atoms with Crippen LogP contribution in [0.2, 0.25) is 0 Å². The number of allylic oxidation sites excluding steroid dienone is 1. The zero-order valence-corrected chi connectivity index (χ0v) is 13.5. The maximum Gasteiger partial charge on any atom is 0.333 e. The van der Waals surface area contributed by atoms with Gasteiger partial charge in [-0.3, -0.25) is 4.79 Å². The molecular formula is C18H20O5. The first kappa shape index (κ1) is 16.8. The topological polar surface area (TPSA) is 72.8 Å². The van der Waals surface area contributed by atoms with Crippen LogP contribution in [0.15, 0.2) is 35.9 Å². The third-order valence-electron chi connectivity index (χ3n) is 3.83. The van der Waals surface area contributed by atoms with Gasteiger partial charge in [0.1, 0.15) is 24.2 Å². The lowest BCUT2D eigenvalue weighted by atomic mass is 10.0. The Morgan fingerprint density at radius 1 is 1.43 bits per heavy atom. The second-order valence-corrected chi connectivity index (χ2v) is 5.55. The first-order chi connectivity index (χ1) is 10.8. The van der Waals surface area contributed by atoms with E-state index in [1.165, 1.54) is 13.0 Å². The molecule has 5 heteroatoms. The van der Waals surface area contributed by atoms with E-state index in [0.717, 1.165) is 5.56 Å². The van der Waals surface area contributed by atoms with E-state index >= 15 is 0 Å². The lowest BCUT2D eigenvalue weighted by Crippen LogP contribution is -2.20. The summed E-state index contributed by atoms with van der Waals surface area (Å²) < 4.78 is 10.9. The second-order valence-electron chi connectivity index (χ2n) is 5.55. The molecule has 0 saturated heterocycles. The molecule has 5 nitrogen and oxygen atoms in total. The number of hydrogen-bond donors (Lipinski definition) is 1. The molecule has 0 amide bonds. The first-order valence-electron chi connectivity index (χ1n) is 7.34. The van der Waals surface area contributed by atoms with Gasteiger partial charge >= 0.3 is 5.97 Å². The second kappa shape index (κ2) is 6.69. The molecule has 1 aliphatic heterocycles. The van der Waals surface area contributed by atoms with E-state index in [1.54, 1.807) is 26.0 Å². The van der Waals surface area contributed by atoms with Crippen LogP contribution in [-0.2, 0) is 16.0 Å². The van der Waals surface area contributed by atoms with Crippen molar-refractivity contribution in [1.82, 2.24) is 0 Å². The highest BCUT2D eigenvalue weighted by atomic mass is 16.5. The number of fused-ring (bicyclic) bond motifs is 1. The maximum absolute atomic E-state index is 11.6. The summed E-state index contributed by atoms with van der Waals surface area (Å²) in [5, 5.41) is 9.84. The zero-order chi connectivity index (χ0) is 17.1. The van der Waals surface area contributed by atoms with E-state index in [0.29, 0.717) is 23.3 Å². The van der Waals surface area contributed by atoms with E-state index in [2.05, 4.69) is 6.58 Å². The van der Waals surface area contributed by atoms with Crippen LogP contribution in [0, 0.1) is 0 Å². The fraction of sp³-hybridized carbons (Fsp3) is 0.333. The molecule has 1 aliphatic rings. The van der Waals surface area contributed by atoms with Crippen molar-refractivity contribution in [2.75, 3.05) is 6.61 Å².